The number of aliphatic hydroxyl groups excluding tert-OH is 1. The third-order valence-electron chi connectivity index (χ3n) is 2.18. The standard InChI is InChI=1S/C10H21O5P/c1-5-14-16(13,15-6-2)7-10(8(3)11)9(4)12/h8,10-11H,5-7H2,1-4H3/t8-,10+/m1/s1. The lowest BCUT2D eigenvalue weighted by molar-refractivity contribution is -0.123. The highest BCUT2D eigenvalue weighted by Crippen LogP contribution is 2.50. The van der Waals surface area contributed by atoms with E-state index in [-0.39, 0.29) is 25.2 Å². The molecule has 0 saturated heterocycles. The SMILES string of the molecule is CCOP(=O)(C[C@H](C(C)=O)[C@@H](C)O)OCC. The van der Waals surface area contributed by atoms with Crippen molar-refractivity contribution in [3.05, 3.63) is 0 Å². The summed E-state index contributed by atoms with van der Waals surface area (Å²) in [5, 5.41) is 9.43. The minimum Gasteiger partial charge on any atom is -0.393 e. The van der Waals surface area contributed by atoms with Gasteiger partial charge in [0.25, 0.3) is 0 Å². The topological polar surface area (TPSA) is 72.8 Å². The van der Waals surface area contributed by atoms with Crippen LogP contribution in [0.15, 0.2) is 0 Å². The molecule has 0 aliphatic rings. The fourth-order valence-electron chi connectivity index (χ4n) is 1.40. The van der Waals surface area contributed by atoms with Crippen LogP contribution in [0.3, 0.4) is 0 Å². The summed E-state index contributed by atoms with van der Waals surface area (Å²) < 4.78 is 22.3. The van der Waals surface area contributed by atoms with Gasteiger partial charge in [-0.2, -0.15) is 0 Å². The molecule has 0 aliphatic carbocycles. The minimum atomic E-state index is -3.26. The Bertz CT molecular complexity index is 254. The molecule has 0 rings (SSSR count). The maximum absolute atomic E-state index is 12.1. The van der Waals surface area contributed by atoms with E-state index in [1.165, 1.54) is 13.8 Å². The number of carbonyl (C=O) groups is 1. The molecule has 5 nitrogen and oxygen atoms in total. The monoisotopic (exact) mass is 252 g/mol. The summed E-state index contributed by atoms with van der Waals surface area (Å²) in [5.74, 6) is -0.918. The van der Waals surface area contributed by atoms with Gasteiger partial charge in [-0.25, -0.2) is 0 Å². The van der Waals surface area contributed by atoms with E-state index < -0.39 is 19.6 Å². The van der Waals surface area contributed by atoms with Crippen molar-refractivity contribution in [3.8, 4) is 0 Å². The predicted molar refractivity (Wildman–Crippen MR) is 61.6 cm³/mol. The van der Waals surface area contributed by atoms with Crippen molar-refractivity contribution in [1.29, 1.82) is 0 Å². The van der Waals surface area contributed by atoms with Crippen LogP contribution in [-0.2, 0) is 18.4 Å². The van der Waals surface area contributed by atoms with E-state index in [0.29, 0.717) is 0 Å². The molecule has 96 valence electrons. The van der Waals surface area contributed by atoms with E-state index >= 15 is 0 Å². The van der Waals surface area contributed by atoms with Crippen molar-refractivity contribution in [2.24, 2.45) is 5.92 Å². The number of Topliss-reactive ketones (excluding diaryl/α,β-unsaturated/α-hetero) is 1. The average Bonchev–Trinajstić information content (AvgIpc) is 2.14. The first-order valence-electron chi connectivity index (χ1n) is 5.43. The van der Waals surface area contributed by atoms with E-state index in [1.54, 1.807) is 13.8 Å². The quantitative estimate of drug-likeness (QED) is 0.667. The smallest absolute Gasteiger partial charge is 0.331 e. The number of rotatable bonds is 8. The van der Waals surface area contributed by atoms with Gasteiger partial charge in [-0.1, -0.05) is 0 Å². The van der Waals surface area contributed by atoms with Crippen molar-refractivity contribution in [2.75, 3.05) is 19.4 Å². The van der Waals surface area contributed by atoms with Crippen LogP contribution in [0.25, 0.3) is 0 Å². The lowest BCUT2D eigenvalue weighted by atomic mass is 10.0. The fraction of sp³-hybridized carbons (Fsp3) is 0.900. The van der Waals surface area contributed by atoms with Gasteiger partial charge in [0.1, 0.15) is 5.78 Å². The van der Waals surface area contributed by atoms with Crippen molar-refractivity contribution < 1.29 is 23.5 Å². The number of hydrogen-bond donors (Lipinski definition) is 1. The molecule has 0 saturated carbocycles. The van der Waals surface area contributed by atoms with Crippen LogP contribution in [0, 0.1) is 5.92 Å². The van der Waals surface area contributed by atoms with Crippen LogP contribution in [0.4, 0.5) is 0 Å². The molecule has 0 aromatic rings. The Hall–Kier alpha value is -0.220. The van der Waals surface area contributed by atoms with Crippen LogP contribution in [-0.4, -0.2) is 36.4 Å². The summed E-state index contributed by atoms with van der Waals surface area (Å²) in [6, 6.07) is 0. The molecule has 0 aromatic carbocycles. The van der Waals surface area contributed by atoms with Gasteiger partial charge in [0.2, 0.25) is 0 Å². The first-order valence-corrected chi connectivity index (χ1v) is 7.15. The number of ketones is 1. The number of aliphatic hydroxyl groups is 1. The molecule has 0 spiro atoms. The van der Waals surface area contributed by atoms with Gasteiger partial charge in [0, 0.05) is 0 Å². The van der Waals surface area contributed by atoms with Gasteiger partial charge in [-0.3, -0.25) is 9.36 Å². The lowest BCUT2D eigenvalue weighted by Crippen LogP contribution is -2.28. The molecule has 0 heterocycles. The zero-order valence-electron chi connectivity index (χ0n) is 10.3. The summed E-state index contributed by atoms with van der Waals surface area (Å²) in [5.41, 5.74) is 0. The van der Waals surface area contributed by atoms with Crippen LogP contribution >= 0.6 is 7.60 Å². The van der Waals surface area contributed by atoms with E-state index in [0.717, 1.165) is 0 Å². The second kappa shape index (κ2) is 7.17. The minimum absolute atomic E-state index is 0.0678. The average molecular weight is 252 g/mol. The molecule has 0 aromatic heterocycles. The molecule has 0 unspecified atom stereocenters. The second-order valence-electron chi connectivity index (χ2n) is 3.59. The Morgan fingerprint density at radius 1 is 1.31 bits per heavy atom. The summed E-state index contributed by atoms with van der Waals surface area (Å²) in [7, 11) is -3.26. The molecule has 0 amide bonds. The summed E-state index contributed by atoms with van der Waals surface area (Å²) in [6.45, 7) is 6.77. The van der Waals surface area contributed by atoms with Crippen molar-refractivity contribution >= 4 is 13.4 Å². The maximum Gasteiger partial charge on any atom is 0.331 e. The molecule has 0 radical (unpaired) electrons. The van der Waals surface area contributed by atoms with E-state index in [9.17, 15) is 14.5 Å². The zero-order valence-corrected chi connectivity index (χ0v) is 11.2. The lowest BCUT2D eigenvalue weighted by Gasteiger charge is -2.23. The normalized spacial score (nSPS) is 15.8. The van der Waals surface area contributed by atoms with E-state index in [4.69, 9.17) is 9.05 Å². The molecular weight excluding hydrogens is 231 g/mol. The third kappa shape index (κ3) is 5.21. The Kier molecular flexibility index (Phi) is 7.07. The Balaban J connectivity index is 4.70. The van der Waals surface area contributed by atoms with Crippen LogP contribution in [0.2, 0.25) is 0 Å². The number of carbonyl (C=O) groups excluding carboxylic acids is 1. The highest BCUT2D eigenvalue weighted by molar-refractivity contribution is 7.53. The van der Waals surface area contributed by atoms with Crippen molar-refractivity contribution in [3.63, 3.8) is 0 Å². The predicted octanol–water partition coefficient (Wildman–Crippen LogP) is 1.84. The first kappa shape index (κ1) is 15.8. The molecule has 16 heavy (non-hydrogen) atoms. The number of hydrogen-bond acceptors (Lipinski definition) is 5. The summed E-state index contributed by atoms with van der Waals surface area (Å²) in [6.07, 6.45) is -0.923. The summed E-state index contributed by atoms with van der Waals surface area (Å²) in [4.78, 5) is 11.3. The molecule has 0 bridgehead atoms. The Labute approximate surface area is 96.7 Å². The van der Waals surface area contributed by atoms with Crippen LogP contribution in [0.5, 0.6) is 0 Å². The van der Waals surface area contributed by atoms with Crippen molar-refractivity contribution in [2.45, 2.75) is 33.8 Å². The van der Waals surface area contributed by atoms with Gasteiger partial charge in [-0.05, 0) is 27.7 Å². The maximum atomic E-state index is 12.1. The molecule has 0 fully saturated rings. The van der Waals surface area contributed by atoms with Crippen LogP contribution < -0.4 is 0 Å². The van der Waals surface area contributed by atoms with Crippen molar-refractivity contribution in [1.82, 2.24) is 0 Å². The third-order valence-corrected chi connectivity index (χ3v) is 4.32. The molecule has 6 heteroatoms. The zero-order chi connectivity index (χ0) is 12.8. The Morgan fingerprint density at radius 2 is 1.75 bits per heavy atom. The van der Waals surface area contributed by atoms with E-state index in [1.807, 2.05) is 0 Å². The van der Waals surface area contributed by atoms with Gasteiger partial charge < -0.3 is 14.2 Å². The molecular formula is C10H21O5P. The molecule has 0 aliphatic heterocycles. The molecule has 1 N–H and O–H groups in total. The Morgan fingerprint density at radius 3 is 2.00 bits per heavy atom. The highest BCUT2D eigenvalue weighted by atomic mass is 31.2. The second-order valence-corrected chi connectivity index (χ2v) is 5.69. The largest absolute Gasteiger partial charge is 0.393 e. The van der Waals surface area contributed by atoms with Crippen LogP contribution in [0.1, 0.15) is 27.7 Å². The van der Waals surface area contributed by atoms with E-state index in [2.05, 4.69) is 0 Å². The van der Waals surface area contributed by atoms with Gasteiger partial charge in [0.05, 0.1) is 31.4 Å². The highest BCUT2D eigenvalue weighted by Gasteiger charge is 2.33. The first-order chi connectivity index (χ1) is 7.36. The van der Waals surface area contributed by atoms with Gasteiger partial charge in [-0.15, -0.1) is 0 Å². The van der Waals surface area contributed by atoms with Gasteiger partial charge >= 0.3 is 7.60 Å². The fourth-order valence-corrected chi connectivity index (χ4v) is 3.51. The summed E-state index contributed by atoms with van der Waals surface area (Å²) >= 11 is 0. The van der Waals surface area contributed by atoms with Gasteiger partial charge in [0.15, 0.2) is 0 Å². The molecule has 2 atom stereocenters.